The van der Waals surface area contributed by atoms with E-state index in [0.29, 0.717) is 18.4 Å². The van der Waals surface area contributed by atoms with Gasteiger partial charge in [-0.1, -0.05) is 48.3 Å². The highest BCUT2D eigenvalue weighted by molar-refractivity contribution is 7.90. The summed E-state index contributed by atoms with van der Waals surface area (Å²) in [6, 6.07) is 8.00. The van der Waals surface area contributed by atoms with Crippen molar-refractivity contribution in [3.63, 3.8) is 0 Å². The summed E-state index contributed by atoms with van der Waals surface area (Å²) in [5.74, 6) is -0.169. The van der Waals surface area contributed by atoms with Crippen molar-refractivity contribution in [2.75, 3.05) is 0 Å². The molecule has 4 N–H and O–H groups in total. The maximum absolute atomic E-state index is 12.3. The summed E-state index contributed by atoms with van der Waals surface area (Å²) in [5, 5.41) is 11.4. The van der Waals surface area contributed by atoms with Crippen LogP contribution in [0.3, 0.4) is 0 Å². The zero-order valence-electron chi connectivity index (χ0n) is 11.1. The van der Waals surface area contributed by atoms with E-state index in [2.05, 4.69) is 9.88 Å². The van der Waals surface area contributed by atoms with E-state index in [-0.39, 0.29) is 11.1 Å². The number of benzene rings is 1. The lowest BCUT2D eigenvalue weighted by molar-refractivity contribution is 0.315. The van der Waals surface area contributed by atoms with Crippen LogP contribution in [0.2, 0.25) is 0 Å². The Morgan fingerprint density at radius 3 is 2.45 bits per heavy atom. The van der Waals surface area contributed by atoms with E-state index in [4.69, 9.17) is 10.9 Å². The molecule has 1 aliphatic carbocycles. The molecule has 2 rings (SSSR count). The summed E-state index contributed by atoms with van der Waals surface area (Å²) >= 11 is 0. The van der Waals surface area contributed by atoms with Gasteiger partial charge in [0.2, 0.25) is 10.0 Å². The summed E-state index contributed by atoms with van der Waals surface area (Å²) in [7, 11) is -3.48. The molecule has 0 aromatic heterocycles. The highest BCUT2D eigenvalue weighted by atomic mass is 32.2. The first-order valence-electron chi connectivity index (χ1n) is 6.58. The van der Waals surface area contributed by atoms with E-state index in [1.54, 1.807) is 24.3 Å². The molecule has 1 aromatic carbocycles. The minimum Gasteiger partial charge on any atom is -0.409 e. The standard InChI is InChI=1S/C13H19N3O3S/c14-13(15-17)12(10-6-2-1-3-7-10)16-20(18,19)11-8-4-5-9-11/h1-3,6-7,11-12,16-17H,4-5,8-9H2,(H2,14,15). The summed E-state index contributed by atoms with van der Waals surface area (Å²) in [4.78, 5) is 0. The first-order chi connectivity index (χ1) is 9.54. The van der Waals surface area contributed by atoms with Crippen molar-refractivity contribution >= 4 is 15.9 Å². The van der Waals surface area contributed by atoms with Gasteiger partial charge >= 0.3 is 0 Å². The molecule has 0 spiro atoms. The molecule has 0 bridgehead atoms. The fraction of sp³-hybridized carbons (Fsp3) is 0.462. The van der Waals surface area contributed by atoms with Crippen molar-refractivity contribution in [2.45, 2.75) is 37.0 Å². The fourth-order valence-corrected chi connectivity index (χ4v) is 4.19. The maximum atomic E-state index is 12.3. The molecule has 0 saturated heterocycles. The van der Waals surface area contributed by atoms with E-state index in [9.17, 15) is 8.42 Å². The predicted molar refractivity (Wildman–Crippen MR) is 76.9 cm³/mol. The van der Waals surface area contributed by atoms with Gasteiger partial charge in [-0.25, -0.2) is 8.42 Å². The van der Waals surface area contributed by atoms with Crippen LogP contribution in [0, 0.1) is 0 Å². The molecule has 1 unspecified atom stereocenters. The van der Waals surface area contributed by atoms with Gasteiger partial charge in [-0.3, -0.25) is 0 Å². The molecular formula is C13H19N3O3S. The number of hydrogen-bond donors (Lipinski definition) is 3. The summed E-state index contributed by atoms with van der Waals surface area (Å²) in [5.41, 5.74) is 6.27. The quantitative estimate of drug-likeness (QED) is 0.330. The minimum atomic E-state index is -3.48. The van der Waals surface area contributed by atoms with Gasteiger partial charge in [0.1, 0.15) is 6.04 Å². The first-order valence-corrected chi connectivity index (χ1v) is 8.12. The van der Waals surface area contributed by atoms with Crippen LogP contribution in [-0.2, 0) is 10.0 Å². The van der Waals surface area contributed by atoms with Crippen LogP contribution in [0.1, 0.15) is 37.3 Å². The van der Waals surface area contributed by atoms with Crippen LogP contribution in [0.5, 0.6) is 0 Å². The predicted octanol–water partition coefficient (Wildman–Crippen LogP) is 1.34. The second-order valence-electron chi connectivity index (χ2n) is 4.94. The van der Waals surface area contributed by atoms with Gasteiger partial charge in [0.15, 0.2) is 5.84 Å². The SMILES string of the molecule is N/C(=N/O)C(NS(=O)(=O)C1CCCC1)c1ccccc1. The Balaban J connectivity index is 2.25. The first kappa shape index (κ1) is 14.8. The van der Waals surface area contributed by atoms with Crippen molar-refractivity contribution in [3.8, 4) is 0 Å². The van der Waals surface area contributed by atoms with E-state index < -0.39 is 16.1 Å². The normalized spacial score (nSPS) is 19.1. The summed E-state index contributed by atoms with van der Waals surface area (Å²) in [6.07, 6.45) is 3.16. The van der Waals surface area contributed by atoms with Crippen LogP contribution in [0.15, 0.2) is 35.5 Å². The van der Waals surface area contributed by atoms with E-state index in [1.807, 2.05) is 6.07 Å². The fourth-order valence-electron chi connectivity index (χ4n) is 2.46. The van der Waals surface area contributed by atoms with Crippen molar-refractivity contribution in [3.05, 3.63) is 35.9 Å². The highest BCUT2D eigenvalue weighted by Crippen LogP contribution is 2.26. The molecule has 1 atom stereocenters. The average molecular weight is 297 g/mol. The maximum Gasteiger partial charge on any atom is 0.215 e. The molecule has 0 radical (unpaired) electrons. The van der Waals surface area contributed by atoms with E-state index >= 15 is 0 Å². The third-order valence-electron chi connectivity index (χ3n) is 3.57. The number of amidine groups is 1. The lowest BCUT2D eigenvalue weighted by Gasteiger charge is -2.20. The Bertz CT molecular complexity index is 566. The van der Waals surface area contributed by atoms with Gasteiger partial charge in [-0.2, -0.15) is 4.72 Å². The van der Waals surface area contributed by atoms with Gasteiger partial charge in [0.25, 0.3) is 0 Å². The second-order valence-corrected chi connectivity index (χ2v) is 6.93. The number of nitrogens with two attached hydrogens (primary N) is 1. The van der Waals surface area contributed by atoms with Gasteiger partial charge in [-0.05, 0) is 18.4 Å². The number of nitrogens with zero attached hydrogens (tertiary/aromatic N) is 1. The third-order valence-corrected chi connectivity index (χ3v) is 5.48. The zero-order chi connectivity index (χ0) is 14.6. The molecule has 1 aromatic rings. The van der Waals surface area contributed by atoms with Gasteiger partial charge in [0.05, 0.1) is 5.25 Å². The number of sulfonamides is 1. The molecule has 7 heteroatoms. The molecule has 0 heterocycles. The summed E-state index contributed by atoms with van der Waals surface area (Å²) < 4.78 is 27.2. The van der Waals surface area contributed by atoms with E-state index in [1.165, 1.54) is 0 Å². The lowest BCUT2D eigenvalue weighted by atomic mass is 10.1. The van der Waals surface area contributed by atoms with Crippen molar-refractivity contribution in [1.82, 2.24) is 4.72 Å². The van der Waals surface area contributed by atoms with Crippen molar-refractivity contribution in [2.24, 2.45) is 10.9 Å². The molecular weight excluding hydrogens is 278 g/mol. The highest BCUT2D eigenvalue weighted by Gasteiger charge is 2.32. The molecule has 110 valence electrons. The third kappa shape index (κ3) is 3.29. The van der Waals surface area contributed by atoms with Crippen LogP contribution in [-0.4, -0.2) is 24.7 Å². The average Bonchev–Trinajstić information content (AvgIpc) is 3.00. The van der Waals surface area contributed by atoms with Crippen molar-refractivity contribution in [1.29, 1.82) is 0 Å². The molecule has 1 fully saturated rings. The van der Waals surface area contributed by atoms with Gasteiger partial charge in [0, 0.05) is 0 Å². The van der Waals surface area contributed by atoms with Crippen LogP contribution in [0.4, 0.5) is 0 Å². The van der Waals surface area contributed by atoms with Crippen LogP contribution >= 0.6 is 0 Å². The monoisotopic (exact) mass is 297 g/mol. The van der Waals surface area contributed by atoms with Gasteiger partial charge in [-0.15, -0.1) is 0 Å². The summed E-state index contributed by atoms with van der Waals surface area (Å²) in [6.45, 7) is 0. The van der Waals surface area contributed by atoms with Gasteiger partial charge < -0.3 is 10.9 Å². The van der Waals surface area contributed by atoms with Crippen molar-refractivity contribution < 1.29 is 13.6 Å². The number of hydrogen-bond acceptors (Lipinski definition) is 4. The zero-order valence-corrected chi connectivity index (χ0v) is 11.9. The Hall–Kier alpha value is -1.60. The molecule has 20 heavy (non-hydrogen) atoms. The van der Waals surface area contributed by atoms with Crippen LogP contribution < -0.4 is 10.5 Å². The molecule has 1 saturated carbocycles. The number of oxime groups is 1. The Labute approximate surface area is 118 Å². The molecule has 1 aliphatic rings. The van der Waals surface area contributed by atoms with Crippen LogP contribution in [0.25, 0.3) is 0 Å². The number of nitrogens with one attached hydrogen (secondary N) is 1. The molecule has 0 amide bonds. The smallest absolute Gasteiger partial charge is 0.215 e. The Kier molecular flexibility index (Phi) is 4.61. The Morgan fingerprint density at radius 1 is 1.30 bits per heavy atom. The van der Waals surface area contributed by atoms with E-state index in [0.717, 1.165) is 12.8 Å². The minimum absolute atomic E-state index is 0.169. The molecule has 0 aliphatic heterocycles. The topological polar surface area (TPSA) is 105 Å². The molecule has 6 nitrogen and oxygen atoms in total. The second kappa shape index (κ2) is 6.23. The lowest BCUT2D eigenvalue weighted by Crippen LogP contribution is -2.41. The Morgan fingerprint density at radius 2 is 1.90 bits per heavy atom. The largest absolute Gasteiger partial charge is 0.409 e. The number of rotatable bonds is 5.